The molecule has 30 heavy (non-hydrogen) atoms. The van der Waals surface area contributed by atoms with Gasteiger partial charge >= 0.3 is 5.97 Å². The highest BCUT2D eigenvalue weighted by Crippen LogP contribution is 2.52. The Morgan fingerprint density at radius 2 is 2.13 bits per heavy atom. The van der Waals surface area contributed by atoms with E-state index in [0.717, 1.165) is 39.7 Å². The van der Waals surface area contributed by atoms with Crippen molar-refractivity contribution < 1.29 is 19.1 Å². The molecule has 1 fully saturated rings. The number of ether oxygens (including phenoxy) is 2. The van der Waals surface area contributed by atoms with Crippen LogP contribution in [0.15, 0.2) is 59.4 Å². The number of methoxy groups -OCH3 is 2. The fourth-order valence-electron chi connectivity index (χ4n) is 3.86. The number of thiophene rings is 1. The van der Waals surface area contributed by atoms with Gasteiger partial charge in [0.1, 0.15) is 5.57 Å². The molecule has 0 spiro atoms. The summed E-state index contributed by atoms with van der Waals surface area (Å²) in [5.41, 5.74) is 2.00. The van der Waals surface area contributed by atoms with Crippen LogP contribution in [0.4, 0.5) is 0 Å². The number of carbonyl (C=O) groups is 1. The van der Waals surface area contributed by atoms with Crippen LogP contribution in [0.5, 0.6) is 0 Å². The highest BCUT2D eigenvalue weighted by atomic mass is 32.1. The largest absolute Gasteiger partial charge is 0.503 e. The highest BCUT2D eigenvalue weighted by Gasteiger charge is 2.52. The van der Waals surface area contributed by atoms with Gasteiger partial charge in [-0.15, -0.1) is 16.5 Å². The summed E-state index contributed by atoms with van der Waals surface area (Å²) in [6.45, 7) is 3.58. The van der Waals surface area contributed by atoms with Gasteiger partial charge in [-0.2, -0.15) is 0 Å². The van der Waals surface area contributed by atoms with Gasteiger partial charge in [-0.25, -0.2) is 4.79 Å². The van der Waals surface area contributed by atoms with Crippen LogP contribution in [0.1, 0.15) is 29.7 Å². The summed E-state index contributed by atoms with van der Waals surface area (Å²) < 4.78 is 11.1. The van der Waals surface area contributed by atoms with E-state index in [0.29, 0.717) is 5.57 Å². The second kappa shape index (κ2) is 8.28. The summed E-state index contributed by atoms with van der Waals surface area (Å²) in [6, 6.07) is 11.9. The van der Waals surface area contributed by atoms with Crippen LogP contribution >= 0.6 is 11.3 Å². The summed E-state index contributed by atoms with van der Waals surface area (Å²) in [4.78, 5) is 22.9. The van der Waals surface area contributed by atoms with Crippen molar-refractivity contribution >= 4 is 39.7 Å². The Balaban J connectivity index is 1.92. The lowest BCUT2D eigenvalue weighted by atomic mass is 9.84. The van der Waals surface area contributed by atoms with Crippen molar-refractivity contribution in [3.63, 3.8) is 0 Å². The van der Waals surface area contributed by atoms with Crippen LogP contribution in [-0.2, 0) is 24.7 Å². The molecule has 1 aliphatic rings. The van der Waals surface area contributed by atoms with E-state index in [-0.39, 0.29) is 5.92 Å². The maximum atomic E-state index is 12.3. The zero-order chi connectivity index (χ0) is 21.1. The summed E-state index contributed by atoms with van der Waals surface area (Å²) in [5.74, 6) is -0.212. The Bertz CT molecular complexity index is 1100. The van der Waals surface area contributed by atoms with Crippen LogP contribution < -0.4 is 0 Å². The molecule has 0 amide bonds. The smallest absolute Gasteiger partial charge is 0.341 e. The van der Waals surface area contributed by atoms with E-state index in [1.807, 2.05) is 41.8 Å². The van der Waals surface area contributed by atoms with Crippen LogP contribution in [0.25, 0.3) is 15.7 Å². The maximum Gasteiger partial charge on any atom is 0.341 e. The first-order valence-electron chi connectivity index (χ1n) is 9.54. The van der Waals surface area contributed by atoms with Gasteiger partial charge in [-0.3, -0.25) is 4.98 Å². The predicted molar refractivity (Wildman–Crippen MR) is 117 cm³/mol. The summed E-state index contributed by atoms with van der Waals surface area (Å²) in [6.07, 6.45) is 5.19. The molecular weight excluding hydrogens is 400 g/mol. The number of carbonyl (C=O) groups excluding carboxylic acids is 1. The Morgan fingerprint density at radius 1 is 1.30 bits per heavy atom. The van der Waals surface area contributed by atoms with Crippen LogP contribution in [-0.4, -0.2) is 31.9 Å². The van der Waals surface area contributed by atoms with Crippen molar-refractivity contribution in [1.29, 1.82) is 0 Å². The van der Waals surface area contributed by atoms with E-state index < -0.39 is 11.6 Å². The minimum Gasteiger partial charge on any atom is -0.503 e. The van der Waals surface area contributed by atoms with Crippen molar-refractivity contribution in [2.75, 3.05) is 14.2 Å². The fourth-order valence-corrected chi connectivity index (χ4v) is 4.80. The van der Waals surface area contributed by atoms with Crippen molar-refractivity contribution in [2.45, 2.75) is 18.4 Å². The van der Waals surface area contributed by atoms with Gasteiger partial charge < -0.3 is 14.3 Å². The first-order valence-corrected chi connectivity index (χ1v) is 10.4. The van der Waals surface area contributed by atoms with Gasteiger partial charge in [0.15, 0.2) is 0 Å². The number of rotatable bonds is 8. The highest BCUT2D eigenvalue weighted by molar-refractivity contribution is 7.17. The number of benzene rings is 1. The average molecular weight is 423 g/mol. The normalized spacial score (nSPS) is 16.0. The number of hydrogen-bond acceptors (Lipinski definition) is 7. The van der Waals surface area contributed by atoms with Gasteiger partial charge in [0.2, 0.25) is 5.60 Å². The minimum atomic E-state index is -0.827. The SMILES string of the molecule is C=NOC(c1ccc2scc(C(=COC)C(=O)OC)c2c1)(c1ccccn1)C1CC1. The van der Waals surface area contributed by atoms with E-state index in [1.54, 1.807) is 17.5 Å². The molecule has 4 rings (SSSR count). The molecule has 0 saturated heterocycles. The summed E-state index contributed by atoms with van der Waals surface area (Å²) >= 11 is 1.55. The molecule has 1 aliphatic carbocycles. The van der Waals surface area contributed by atoms with E-state index >= 15 is 0 Å². The molecule has 3 aromatic rings. The van der Waals surface area contributed by atoms with Crippen LogP contribution in [0.2, 0.25) is 0 Å². The molecule has 1 aromatic carbocycles. The molecule has 6 nitrogen and oxygen atoms in total. The maximum absolute atomic E-state index is 12.3. The number of esters is 1. The molecule has 154 valence electrons. The van der Waals surface area contributed by atoms with Crippen LogP contribution in [0, 0.1) is 5.92 Å². The molecule has 0 bridgehead atoms. The average Bonchev–Trinajstić information content (AvgIpc) is 3.56. The molecule has 1 unspecified atom stereocenters. The lowest BCUT2D eigenvalue weighted by Gasteiger charge is -2.31. The topological polar surface area (TPSA) is 70.0 Å². The van der Waals surface area contributed by atoms with Crippen molar-refractivity contribution in [3.8, 4) is 0 Å². The van der Waals surface area contributed by atoms with E-state index in [9.17, 15) is 4.79 Å². The fraction of sp³-hybridized carbons (Fsp3) is 0.261. The third-order valence-corrected chi connectivity index (χ3v) is 6.30. The van der Waals surface area contributed by atoms with Gasteiger partial charge in [-0.1, -0.05) is 12.1 Å². The molecular formula is C23H22N2O4S. The molecule has 2 aromatic heterocycles. The standard InChI is InChI=1S/C23H22N2O4S/c1-24-29-23(15-7-8-15,21-6-4-5-11-25-21)16-9-10-20-17(12-16)19(14-30-20)18(13-27-2)22(26)28-3/h4-6,9-15H,1,7-8H2,2-3H3. The third-order valence-electron chi connectivity index (χ3n) is 5.34. The number of hydrogen-bond donors (Lipinski definition) is 0. The van der Waals surface area contributed by atoms with E-state index in [1.165, 1.54) is 20.5 Å². The molecule has 0 N–H and O–H groups in total. The Hall–Kier alpha value is -3.19. The molecule has 0 aliphatic heterocycles. The number of nitrogens with zero attached hydrogens (tertiary/aromatic N) is 2. The summed E-state index contributed by atoms with van der Waals surface area (Å²) in [7, 11) is 2.86. The van der Waals surface area contributed by atoms with Crippen LogP contribution in [0.3, 0.4) is 0 Å². The quantitative estimate of drug-likeness (QED) is 0.172. The Kier molecular flexibility index (Phi) is 5.55. The second-order valence-electron chi connectivity index (χ2n) is 7.06. The molecule has 0 radical (unpaired) electrons. The van der Waals surface area contributed by atoms with Gasteiger partial charge in [0, 0.05) is 45.4 Å². The van der Waals surface area contributed by atoms with E-state index in [2.05, 4.69) is 16.9 Å². The van der Waals surface area contributed by atoms with Gasteiger partial charge in [0.05, 0.1) is 26.2 Å². The van der Waals surface area contributed by atoms with Gasteiger partial charge in [0.25, 0.3) is 0 Å². The lowest BCUT2D eigenvalue weighted by molar-refractivity contribution is -0.133. The Labute approximate surface area is 178 Å². The zero-order valence-corrected chi connectivity index (χ0v) is 17.6. The third kappa shape index (κ3) is 3.35. The number of oxime groups is 1. The number of pyridine rings is 1. The lowest BCUT2D eigenvalue weighted by Crippen LogP contribution is -2.33. The molecule has 1 saturated carbocycles. The zero-order valence-electron chi connectivity index (χ0n) is 16.8. The van der Waals surface area contributed by atoms with Gasteiger partial charge in [-0.05, 0) is 37.1 Å². The monoisotopic (exact) mass is 422 g/mol. The number of aromatic nitrogens is 1. The minimum absolute atomic E-state index is 0.243. The number of fused-ring (bicyclic) bond motifs is 1. The molecule has 7 heteroatoms. The van der Waals surface area contributed by atoms with E-state index in [4.69, 9.17) is 14.3 Å². The Morgan fingerprint density at radius 3 is 2.77 bits per heavy atom. The van der Waals surface area contributed by atoms with Crippen molar-refractivity contribution in [3.05, 3.63) is 71.1 Å². The predicted octanol–water partition coefficient (Wildman–Crippen LogP) is 4.74. The van der Waals surface area contributed by atoms with Crippen molar-refractivity contribution in [2.24, 2.45) is 11.1 Å². The molecule has 2 heterocycles. The van der Waals surface area contributed by atoms with Crippen molar-refractivity contribution in [1.82, 2.24) is 4.98 Å². The second-order valence-corrected chi connectivity index (χ2v) is 7.98. The first kappa shape index (κ1) is 20.1. The molecule has 1 atom stereocenters. The summed E-state index contributed by atoms with van der Waals surface area (Å²) in [5, 5.41) is 6.67. The first-order chi connectivity index (χ1) is 14.7.